The standard InChI is InChI=1S/C12H23NO4/c1-8-4-5-9(11(15)10(8)14)12(16)13(17)6-2-3-7-13/h8-12,14-16H,2-7H2,1H3. The first-order valence-electron chi connectivity index (χ1n) is 6.58. The van der Waals surface area contributed by atoms with E-state index in [1.807, 2.05) is 6.92 Å². The molecule has 5 unspecified atom stereocenters. The number of likely N-dealkylation sites (tertiary alicyclic amines) is 1. The van der Waals surface area contributed by atoms with Crippen LogP contribution in [0.4, 0.5) is 0 Å². The maximum absolute atomic E-state index is 12.3. The van der Waals surface area contributed by atoms with Crippen LogP contribution >= 0.6 is 0 Å². The van der Waals surface area contributed by atoms with E-state index >= 15 is 0 Å². The predicted molar refractivity (Wildman–Crippen MR) is 62.5 cm³/mol. The monoisotopic (exact) mass is 245 g/mol. The van der Waals surface area contributed by atoms with Gasteiger partial charge in [0.2, 0.25) is 0 Å². The Hall–Kier alpha value is -0.200. The second-order valence-electron chi connectivity index (χ2n) is 5.72. The number of aliphatic hydroxyl groups is 3. The van der Waals surface area contributed by atoms with Crippen LogP contribution in [0.25, 0.3) is 0 Å². The molecule has 1 aliphatic heterocycles. The number of hydrogen-bond acceptors (Lipinski definition) is 4. The van der Waals surface area contributed by atoms with Gasteiger partial charge in [-0.1, -0.05) is 6.92 Å². The summed E-state index contributed by atoms with van der Waals surface area (Å²) in [7, 11) is 0. The topological polar surface area (TPSA) is 83.8 Å². The Bertz CT molecular complexity index is 267. The Morgan fingerprint density at radius 1 is 1.12 bits per heavy atom. The lowest BCUT2D eigenvalue weighted by Crippen LogP contribution is -2.58. The van der Waals surface area contributed by atoms with Gasteiger partial charge in [0.05, 0.1) is 31.2 Å². The molecule has 3 N–H and O–H groups in total. The van der Waals surface area contributed by atoms with Crippen LogP contribution in [0.5, 0.6) is 0 Å². The van der Waals surface area contributed by atoms with Gasteiger partial charge in [-0.15, -0.1) is 0 Å². The Labute approximate surface area is 102 Å². The van der Waals surface area contributed by atoms with Crippen LogP contribution in [-0.4, -0.2) is 51.5 Å². The average Bonchev–Trinajstić information content (AvgIpc) is 2.74. The third kappa shape index (κ3) is 2.35. The fourth-order valence-corrected chi connectivity index (χ4v) is 3.20. The van der Waals surface area contributed by atoms with Crippen molar-refractivity contribution in [2.24, 2.45) is 11.8 Å². The summed E-state index contributed by atoms with van der Waals surface area (Å²) in [6.07, 6.45) is 0.151. The molecular formula is C12H23NO4. The molecule has 5 nitrogen and oxygen atoms in total. The lowest BCUT2D eigenvalue weighted by Gasteiger charge is -2.48. The van der Waals surface area contributed by atoms with E-state index in [-0.39, 0.29) is 5.92 Å². The Morgan fingerprint density at radius 3 is 2.29 bits per heavy atom. The van der Waals surface area contributed by atoms with Gasteiger partial charge in [0.1, 0.15) is 0 Å². The van der Waals surface area contributed by atoms with Crippen molar-refractivity contribution in [3.63, 3.8) is 0 Å². The van der Waals surface area contributed by atoms with Gasteiger partial charge in [0, 0.05) is 12.8 Å². The van der Waals surface area contributed by atoms with Crippen molar-refractivity contribution in [3.05, 3.63) is 5.21 Å². The number of hydroxylamine groups is 3. The highest BCUT2D eigenvalue weighted by molar-refractivity contribution is 4.87. The zero-order valence-corrected chi connectivity index (χ0v) is 10.3. The second kappa shape index (κ2) is 4.82. The highest BCUT2D eigenvalue weighted by Gasteiger charge is 2.45. The third-order valence-corrected chi connectivity index (χ3v) is 4.52. The van der Waals surface area contributed by atoms with Gasteiger partial charge in [-0.25, -0.2) is 0 Å². The minimum atomic E-state index is -1.09. The van der Waals surface area contributed by atoms with Crippen molar-refractivity contribution in [3.8, 4) is 0 Å². The molecule has 2 rings (SSSR count). The van der Waals surface area contributed by atoms with E-state index in [9.17, 15) is 20.5 Å². The predicted octanol–water partition coefficient (Wildman–Crippen LogP) is 0.181. The Balaban J connectivity index is 2.06. The van der Waals surface area contributed by atoms with Crippen molar-refractivity contribution < 1.29 is 20.0 Å². The molecule has 0 aromatic rings. The summed E-state index contributed by atoms with van der Waals surface area (Å²) < 4.78 is -0.608. The van der Waals surface area contributed by atoms with Crippen molar-refractivity contribution >= 4 is 0 Å². The van der Waals surface area contributed by atoms with Crippen LogP contribution in [-0.2, 0) is 0 Å². The summed E-state index contributed by atoms with van der Waals surface area (Å²) in [4.78, 5) is 0. The van der Waals surface area contributed by atoms with Gasteiger partial charge in [-0.3, -0.25) is 0 Å². The molecule has 0 aromatic heterocycles. The molecule has 5 atom stereocenters. The van der Waals surface area contributed by atoms with E-state index in [4.69, 9.17) is 0 Å². The van der Waals surface area contributed by atoms with E-state index < -0.39 is 29.0 Å². The molecule has 0 amide bonds. The highest BCUT2D eigenvalue weighted by atomic mass is 16.6. The smallest absolute Gasteiger partial charge is 0.195 e. The third-order valence-electron chi connectivity index (χ3n) is 4.52. The largest absolute Gasteiger partial charge is 0.631 e. The number of aliphatic hydroxyl groups excluding tert-OH is 3. The summed E-state index contributed by atoms with van der Waals surface area (Å²) in [5, 5.41) is 42.3. The van der Waals surface area contributed by atoms with E-state index in [0.29, 0.717) is 19.5 Å². The van der Waals surface area contributed by atoms with Crippen molar-refractivity contribution in [1.82, 2.24) is 0 Å². The molecule has 0 radical (unpaired) electrons. The summed E-state index contributed by atoms with van der Waals surface area (Å²) in [6, 6.07) is 0. The zero-order chi connectivity index (χ0) is 12.6. The fourth-order valence-electron chi connectivity index (χ4n) is 3.20. The molecule has 2 aliphatic rings. The van der Waals surface area contributed by atoms with Crippen LogP contribution < -0.4 is 0 Å². The van der Waals surface area contributed by atoms with Gasteiger partial charge < -0.3 is 25.2 Å². The van der Waals surface area contributed by atoms with Crippen molar-refractivity contribution in [2.75, 3.05) is 13.1 Å². The molecular weight excluding hydrogens is 222 g/mol. The van der Waals surface area contributed by atoms with Gasteiger partial charge in [0.25, 0.3) is 0 Å². The molecule has 0 spiro atoms. The van der Waals surface area contributed by atoms with Crippen molar-refractivity contribution in [1.29, 1.82) is 0 Å². The molecule has 1 heterocycles. The van der Waals surface area contributed by atoms with Gasteiger partial charge in [-0.05, 0) is 18.8 Å². The highest BCUT2D eigenvalue weighted by Crippen LogP contribution is 2.36. The van der Waals surface area contributed by atoms with Crippen molar-refractivity contribution in [2.45, 2.75) is 51.0 Å². The molecule has 2 fully saturated rings. The number of rotatable bonds is 2. The summed E-state index contributed by atoms with van der Waals surface area (Å²) >= 11 is 0. The van der Waals surface area contributed by atoms with Crippen LogP contribution in [0.3, 0.4) is 0 Å². The van der Waals surface area contributed by atoms with Crippen LogP contribution in [0.15, 0.2) is 0 Å². The van der Waals surface area contributed by atoms with Gasteiger partial charge in [0.15, 0.2) is 6.23 Å². The maximum atomic E-state index is 12.3. The van der Waals surface area contributed by atoms with Gasteiger partial charge in [-0.2, -0.15) is 0 Å². The quantitative estimate of drug-likeness (QED) is 0.479. The molecule has 0 bridgehead atoms. The van der Waals surface area contributed by atoms with Crippen LogP contribution in [0.1, 0.15) is 32.6 Å². The van der Waals surface area contributed by atoms with E-state index in [0.717, 1.165) is 19.3 Å². The van der Waals surface area contributed by atoms with Crippen LogP contribution in [0, 0.1) is 17.0 Å². The first-order chi connectivity index (χ1) is 7.96. The number of hydrogen-bond donors (Lipinski definition) is 3. The lowest BCUT2D eigenvalue weighted by atomic mass is 9.77. The normalized spacial score (nSPS) is 43.6. The minimum Gasteiger partial charge on any atom is -0.631 e. The summed E-state index contributed by atoms with van der Waals surface area (Å²) in [6.45, 7) is 2.74. The average molecular weight is 245 g/mol. The molecule has 100 valence electrons. The SMILES string of the molecule is CC1CCC(C(O)[N+]2([O-])CCCC2)C(O)C1O. The second-order valence-corrected chi connectivity index (χ2v) is 5.72. The van der Waals surface area contributed by atoms with Crippen LogP contribution in [0.2, 0.25) is 0 Å². The summed E-state index contributed by atoms with van der Waals surface area (Å²) in [5.41, 5.74) is 0. The molecule has 1 aliphatic carbocycles. The molecule has 0 aromatic carbocycles. The van der Waals surface area contributed by atoms with E-state index in [1.165, 1.54) is 0 Å². The lowest BCUT2D eigenvalue weighted by molar-refractivity contribution is -0.921. The number of nitrogens with zero attached hydrogens (tertiary/aromatic N) is 1. The maximum Gasteiger partial charge on any atom is 0.195 e. The Morgan fingerprint density at radius 2 is 1.71 bits per heavy atom. The first kappa shape index (κ1) is 13.2. The zero-order valence-electron chi connectivity index (χ0n) is 10.3. The Kier molecular flexibility index (Phi) is 3.75. The fraction of sp³-hybridized carbons (Fsp3) is 1.00. The molecule has 5 heteroatoms. The minimum absolute atomic E-state index is 0.0344. The molecule has 17 heavy (non-hydrogen) atoms. The van der Waals surface area contributed by atoms with E-state index in [2.05, 4.69) is 0 Å². The molecule has 1 saturated heterocycles. The number of quaternary nitrogens is 1. The molecule has 1 saturated carbocycles. The van der Waals surface area contributed by atoms with E-state index in [1.54, 1.807) is 0 Å². The summed E-state index contributed by atoms with van der Waals surface area (Å²) in [5.74, 6) is -0.455. The van der Waals surface area contributed by atoms with Gasteiger partial charge >= 0.3 is 0 Å². The first-order valence-corrected chi connectivity index (χ1v) is 6.58.